The maximum atomic E-state index is 4.18. The number of H-pyrrole nitrogens is 1. The molecular weight excluding hydrogens is 364 g/mol. The molecule has 4 aromatic rings. The number of para-hydroxylation sites is 1. The monoisotopic (exact) mass is 380 g/mol. The number of fused-ring (bicyclic) bond motifs is 1. The first-order chi connectivity index (χ1) is 12.3. The summed E-state index contributed by atoms with van der Waals surface area (Å²) in [5.41, 5.74) is 3.15. The summed E-state index contributed by atoms with van der Waals surface area (Å²) in [6, 6.07) is 20.9. The van der Waals surface area contributed by atoms with E-state index in [1.54, 1.807) is 35.0 Å². The molecule has 4 rings (SSSR count). The predicted molar refractivity (Wildman–Crippen MR) is 111 cm³/mol. The summed E-state index contributed by atoms with van der Waals surface area (Å²) in [4.78, 5) is 5.81. The molecule has 0 unspecified atom stereocenters. The van der Waals surface area contributed by atoms with Crippen molar-refractivity contribution in [2.24, 2.45) is 0 Å². The van der Waals surface area contributed by atoms with Gasteiger partial charge in [0, 0.05) is 43.5 Å². The van der Waals surface area contributed by atoms with E-state index in [4.69, 9.17) is 0 Å². The molecule has 2 aromatic heterocycles. The average molecular weight is 381 g/mol. The Morgan fingerprint density at radius 3 is 2.68 bits per heavy atom. The van der Waals surface area contributed by atoms with Crippen LogP contribution in [0.5, 0.6) is 0 Å². The minimum atomic E-state index is 0.910. The molecule has 0 bridgehead atoms. The van der Waals surface area contributed by atoms with Crippen molar-refractivity contribution in [3.63, 3.8) is 0 Å². The average Bonchev–Trinajstić information content (AvgIpc) is 3.27. The number of hydrogen-bond donors (Lipinski definition) is 2. The van der Waals surface area contributed by atoms with Crippen molar-refractivity contribution >= 4 is 51.6 Å². The van der Waals surface area contributed by atoms with Gasteiger partial charge in [0.1, 0.15) is 0 Å². The first-order valence-electron chi connectivity index (χ1n) is 7.79. The van der Waals surface area contributed by atoms with Crippen LogP contribution in [0.2, 0.25) is 0 Å². The van der Waals surface area contributed by atoms with Gasteiger partial charge in [0.2, 0.25) is 0 Å². The summed E-state index contributed by atoms with van der Waals surface area (Å²) in [5.74, 6) is 0. The van der Waals surface area contributed by atoms with Crippen molar-refractivity contribution in [2.75, 3.05) is 0 Å². The summed E-state index contributed by atoms with van der Waals surface area (Å²) < 4.78 is 4.60. The molecule has 0 spiro atoms. The molecule has 25 heavy (non-hydrogen) atoms. The SMILES string of the molecule is C=C(NSc1cc(Sc2ccccc2)cs1)c1c[nH]c2ccccc12. The summed E-state index contributed by atoms with van der Waals surface area (Å²) in [5, 5.41) is 3.38. The molecule has 0 radical (unpaired) electrons. The highest BCUT2D eigenvalue weighted by Crippen LogP contribution is 2.35. The molecule has 0 amide bonds. The summed E-state index contributed by atoms with van der Waals surface area (Å²) in [6.45, 7) is 4.18. The van der Waals surface area contributed by atoms with Crippen LogP contribution in [0, 0.1) is 0 Å². The third-order valence-corrected chi connectivity index (χ3v) is 6.78. The second kappa shape index (κ2) is 7.44. The highest BCUT2D eigenvalue weighted by molar-refractivity contribution is 8.00. The van der Waals surface area contributed by atoms with Gasteiger partial charge in [0.15, 0.2) is 0 Å². The van der Waals surface area contributed by atoms with Crippen molar-refractivity contribution in [1.82, 2.24) is 9.71 Å². The van der Waals surface area contributed by atoms with E-state index in [2.05, 4.69) is 64.1 Å². The first kappa shape index (κ1) is 16.4. The van der Waals surface area contributed by atoms with Crippen LogP contribution in [-0.4, -0.2) is 4.98 Å². The number of rotatable bonds is 6. The van der Waals surface area contributed by atoms with Crippen LogP contribution in [0.25, 0.3) is 16.6 Å². The van der Waals surface area contributed by atoms with Crippen LogP contribution in [0.4, 0.5) is 0 Å². The molecule has 0 aliphatic heterocycles. The van der Waals surface area contributed by atoms with Crippen LogP contribution in [0.3, 0.4) is 0 Å². The van der Waals surface area contributed by atoms with E-state index in [0.717, 1.165) is 16.8 Å². The van der Waals surface area contributed by atoms with E-state index in [9.17, 15) is 0 Å². The molecule has 0 aliphatic rings. The Bertz CT molecular complexity index is 1000. The molecular formula is C20H16N2S3. The summed E-state index contributed by atoms with van der Waals surface area (Å²) in [6.07, 6.45) is 2.01. The van der Waals surface area contributed by atoms with Gasteiger partial charge in [-0.05, 0) is 36.2 Å². The minimum absolute atomic E-state index is 0.910. The van der Waals surface area contributed by atoms with Crippen LogP contribution in [-0.2, 0) is 0 Å². The molecule has 0 atom stereocenters. The summed E-state index contributed by atoms with van der Waals surface area (Å²) >= 11 is 5.14. The molecule has 0 fully saturated rings. The Hall–Kier alpha value is -2.08. The van der Waals surface area contributed by atoms with E-state index < -0.39 is 0 Å². The van der Waals surface area contributed by atoms with Gasteiger partial charge in [0.05, 0.1) is 4.21 Å². The number of aromatic amines is 1. The highest BCUT2D eigenvalue weighted by atomic mass is 32.2. The molecule has 2 N–H and O–H groups in total. The minimum Gasteiger partial charge on any atom is -0.360 e. The molecule has 0 saturated heterocycles. The zero-order chi connectivity index (χ0) is 17.1. The van der Waals surface area contributed by atoms with Gasteiger partial charge in [-0.2, -0.15) is 0 Å². The fourth-order valence-electron chi connectivity index (χ4n) is 2.52. The second-order valence-corrected chi connectivity index (χ2v) is 8.61. The molecule has 0 saturated carbocycles. The molecule has 0 aliphatic carbocycles. The molecule has 2 heterocycles. The Balaban J connectivity index is 1.41. The van der Waals surface area contributed by atoms with E-state index >= 15 is 0 Å². The Morgan fingerprint density at radius 1 is 1.00 bits per heavy atom. The van der Waals surface area contributed by atoms with Gasteiger partial charge in [-0.25, -0.2) is 0 Å². The predicted octanol–water partition coefficient (Wildman–Crippen LogP) is 6.65. The highest BCUT2D eigenvalue weighted by Gasteiger charge is 2.08. The zero-order valence-corrected chi connectivity index (χ0v) is 15.8. The number of nitrogens with one attached hydrogen (secondary N) is 2. The Morgan fingerprint density at radius 2 is 1.80 bits per heavy atom. The van der Waals surface area contributed by atoms with Gasteiger partial charge in [-0.3, -0.25) is 0 Å². The number of benzene rings is 2. The van der Waals surface area contributed by atoms with Crippen LogP contribution < -0.4 is 4.72 Å². The Kier molecular flexibility index (Phi) is 4.88. The maximum absolute atomic E-state index is 4.18. The lowest BCUT2D eigenvalue weighted by Crippen LogP contribution is -1.99. The topological polar surface area (TPSA) is 27.8 Å². The van der Waals surface area contributed by atoms with Crippen molar-refractivity contribution in [3.8, 4) is 0 Å². The van der Waals surface area contributed by atoms with E-state index in [1.165, 1.54) is 19.4 Å². The normalized spacial score (nSPS) is 10.9. The van der Waals surface area contributed by atoms with Crippen LogP contribution >= 0.6 is 35.0 Å². The van der Waals surface area contributed by atoms with E-state index in [1.807, 2.05) is 24.4 Å². The van der Waals surface area contributed by atoms with E-state index in [-0.39, 0.29) is 0 Å². The quantitative estimate of drug-likeness (QED) is 0.367. The molecule has 2 aromatic carbocycles. The van der Waals surface area contributed by atoms with Crippen molar-refractivity contribution < 1.29 is 0 Å². The van der Waals surface area contributed by atoms with Gasteiger partial charge in [-0.15, -0.1) is 11.3 Å². The maximum Gasteiger partial charge on any atom is 0.0819 e. The number of thiophene rings is 1. The molecule has 124 valence electrons. The van der Waals surface area contributed by atoms with E-state index in [0.29, 0.717) is 0 Å². The third-order valence-electron chi connectivity index (χ3n) is 3.72. The first-order valence-corrected chi connectivity index (χ1v) is 10.3. The second-order valence-electron chi connectivity index (χ2n) is 5.45. The third kappa shape index (κ3) is 3.79. The van der Waals surface area contributed by atoms with Crippen molar-refractivity contribution in [3.05, 3.63) is 84.4 Å². The summed E-state index contributed by atoms with van der Waals surface area (Å²) in [7, 11) is 0. The largest absolute Gasteiger partial charge is 0.360 e. The molecule has 2 nitrogen and oxygen atoms in total. The zero-order valence-electron chi connectivity index (χ0n) is 13.4. The molecule has 5 heteroatoms. The van der Waals surface area contributed by atoms with Gasteiger partial charge in [0.25, 0.3) is 0 Å². The van der Waals surface area contributed by atoms with Crippen molar-refractivity contribution in [2.45, 2.75) is 14.0 Å². The lowest BCUT2D eigenvalue weighted by Gasteiger charge is -2.06. The number of aromatic nitrogens is 1. The Labute approximate surface area is 159 Å². The smallest absolute Gasteiger partial charge is 0.0819 e. The van der Waals surface area contributed by atoms with Gasteiger partial charge in [-0.1, -0.05) is 54.7 Å². The fourth-order valence-corrected chi connectivity index (χ4v) is 5.23. The van der Waals surface area contributed by atoms with Crippen molar-refractivity contribution in [1.29, 1.82) is 0 Å². The van der Waals surface area contributed by atoms with Crippen LogP contribution in [0.1, 0.15) is 5.56 Å². The van der Waals surface area contributed by atoms with Gasteiger partial charge >= 0.3 is 0 Å². The van der Waals surface area contributed by atoms with Gasteiger partial charge < -0.3 is 9.71 Å². The lowest BCUT2D eigenvalue weighted by molar-refractivity contribution is 1.39. The van der Waals surface area contributed by atoms with Crippen LogP contribution in [0.15, 0.2) is 92.8 Å². The number of hydrogen-bond acceptors (Lipinski definition) is 4. The fraction of sp³-hybridized carbons (Fsp3) is 0. The lowest BCUT2D eigenvalue weighted by atomic mass is 10.1. The standard InChI is InChI=1S/C20H16N2S3/c1-14(18-12-21-19-10-6-5-9-17(18)19)22-25-20-11-16(13-23-20)24-15-7-3-2-4-8-15/h2-13,21-22H,1H2.